The lowest BCUT2D eigenvalue weighted by molar-refractivity contribution is 0.0599. The second-order valence-corrected chi connectivity index (χ2v) is 8.94. The minimum absolute atomic E-state index is 0.0283. The van der Waals surface area contributed by atoms with Gasteiger partial charge in [-0.3, -0.25) is 9.59 Å². The molecule has 0 bridgehead atoms. The van der Waals surface area contributed by atoms with Crippen LogP contribution in [-0.4, -0.2) is 53.8 Å². The number of hydrogen-bond donors (Lipinski definition) is 2. The standard InChI is InChI=1S/C24H22F2N4O4S/c1-34-23(33)14-7-5-13(6-8-14)22(32)30-11-9-15(10-12-30)28-24-29-21(27)20(35-24)19(31)18-16(25)3-2-4-17(18)26/h2-8,15H,9-12,27H2,1H3,(H,28,29). The number of hydrogen-bond acceptors (Lipinski definition) is 8. The molecule has 1 fully saturated rings. The number of nitrogens with zero attached hydrogens (tertiary/aromatic N) is 2. The molecule has 0 spiro atoms. The molecule has 11 heteroatoms. The van der Waals surface area contributed by atoms with Crippen LogP contribution in [0, 0.1) is 11.6 Å². The number of methoxy groups -OCH3 is 1. The third-order valence-electron chi connectivity index (χ3n) is 5.71. The number of amides is 1. The van der Waals surface area contributed by atoms with Gasteiger partial charge in [0.2, 0.25) is 5.78 Å². The molecule has 0 saturated carbocycles. The fourth-order valence-electron chi connectivity index (χ4n) is 3.84. The molecule has 1 aliphatic heterocycles. The van der Waals surface area contributed by atoms with Crippen LogP contribution in [0.2, 0.25) is 0 Å². The van der Waals surface area contributed by atoms with Gasteiger partial charge in [-0.25, -0.2) is 18.6 Å². The SMILES string of the molecule is COC(=O)c1ccc(C(=O)N2CCC(Nc3nc(N)c(C(=O)c4c(F)cccc4F)s3)CC2)cc1. The summed E-state index contributed by atoms with van der Waals surface area (Å²) >= 11 is 0.935. The van der Waals surface area contributed by atoms with E-state index in [1.165, 1.54) is 13.2 Å². The maximum absolute atomic E-state index is 14.0. The molecule has 0 atom stereocenters. The summed E-state index contributed by atoms with van der Waals surface area (Å²) in [7, 11) is 1.29. The smallest absolute Gasteiger partial charge is 0.337 e. The predicted molar refractivity (Wildman–Crippen MR) is 127 cm³/mol. The van der Waals surface area contributed by atoms with Crippen molar-refractivity contribution in [1.29, 1.82) is 0 Å². The molecule has 0 aliphatic carbocycles. The van der Waals surface area contributed by atoms with Crippen LogP contribution in [0.5, 0.6) is 0 Å². The average molecular weight is 501 g/mol. The number of carbonyl (C=O) groups is 3. The van der Waals surface area contributed by atoms with Crippen LogP contribution < -0.4 is 11.1 Å². The van der Waals surface area contributed by atoms with Crippen molar-refractivity contribution in [3.8, 4) is 0 Å². The van der Waals surface area contributed by atoms with Crippen LogP contribution >= 0.6 is 11.3 Å². The maximum Gasteiger partial charge on any atom is 0.337 e. The first-order valence-corrected chi connectivity index (χ1v) is 11.6. The average Bonchev–Trinajstić information content (AvgIpc) is 3.23. The zero-order valence-electron chi connectivity index (χ0n) is 18.7. The fourth-order valence-corrected chi connectivity index (χ4v) is 4.74. The lowest BCUT2D eigenvalue weighted by Gasteiger charge is -2.32. The molecule has 182 valence electrons. The fraction of sp³-hybridized carbons (Fsp3) is 0.250. The van der Waals surface area contributed by atoms with Gasteiger partial charge < -0.3 is 20.7 Å². The number of nitrogens with one attached hydrogen (secondary N) is 1. The number of esters is 1. The van der Waals surface area contributed by atoms with Crippen molar-refractivity contribution in [2.24, 2.45) is 0 Å². The number of aromatic nitrogens is 1. The molecule has 0 radical (unpaired) electrons. The van der Waals surface area contributed by atoms with E-state index in [2.05, 4.69) is 15.0 Å². The van der Waals surface area contributed by atoms with Crippen molar-refractivity contribution in [3.63, 3.8) is 0 Å². The number of rotatable bonds is 6. The Bertz CT molecular complexity index is 1250. The van der Waals surface area contributed by atoms with Crippen LogP contribution in [-0.2, 0) is 4.74 Å². The van der Waals surface area contributed by atoms with E-state index in [4.69, 9.17) is 5.73 Å². The van der Waals surface area contributed by atoms with Gasteiger partial charge in [0.1, 0.15) is 22.3 Å². The van der Waals surface area contributed by atoms with Gasteiger partial charge in [0.05, 0.1) is 18.2 Å². The Morgan fingerprint density at radius 1 is 1.06 bits per heavy atom. The zero-order valence-corrected chi connectivity index (χ0v) is 19.5. The van der Waals surface area contributed by atoms with E-state index in [1.807, 2.05) is 0 Å². The molecular formula is C24H22F2N4O4S. The molecular weight excluding hydrogens is 478 g/mol. The number of anilines is 2. The summed E-state index contributed by atoms with van der Waals surface area (Å²) in [5.41, 5.74) is 6.03. The summed E-state index contributed by atoms with van der Waals surface area (Å²) in [6.45, 7) is 0.977. The van der Waals surface area contributed by atoms with Crippen molar-refractivity contribution >= 4 is 39.9 Å². The van der Waals surface area contributed by atoms with E-state index < -0.39 is 29.0 Å². The van der Waals surface area contributed by atoms with Crippen molar-refractivity contribution in [2.45, 2.75) is 18.9 Å². The van der Waals surface area contributed by atoms with E-state index in [0.717, 1.165) is 23.5 Å². The number of thiazole rings is 1. The van der Waals surface area contributed by atoms with Crippen LogP contribution in [0.4, 0.5) is 19.7 Å². The molecule has 2 heterocycles. The zero-order chi connectivity index (χ0) is 25.1. The van der Waals surface area contributed by atoms with Gasteiger partial charge in [0, 0.05) is 24.7 Å². The quantitative estimate of drug-likeness (QED) is 0.391. The number of piperidine rings is 1. The number of nitrogens with two attached hydrogens (primary N) is 1. The molecule has 2 aromatic carbocycles. The van der Waals surface area contributed by atoms with Crippen LogP contribution in [0.3, 0.4) is 0 Å². The van der Waals surface area contributed by atoms with Gasteiger partial charge >= 0.3 is 5.97 Å². The maximum atomic E-state index is 14.0. The highest BCUT2D eigenvalue weighted by Crippen LogP contribution is 2.30. The number of nitrogen functional groups attached to an aromatic ring is 1. The molecule has 1 amide bonds. The molecule has 3 N–H and O–H groups in total. The molecule has 1 aromatic heterocycles. The first kappa shape index (κ1) is 24.3. The minimum atomic E-state index is -0.964. The Kier molecular flexibility index (Phi) is 7.06. The molecule has 3 aromatic rings. The Labute approximate surface area is 203 Å². The summed E-state index contributed by atoms with van der Waals surface area (Å²) in [5.74, 6) is -3.50. The molecule has 4 rings (SSSR count). The van der Waals surface area contributed by atoms with Gasteiger partial charge in [-0.2, -0.15) is 0 Å². The third kappa shape index (κ3) is 5.14. The summed E-state index contributed by atoms with van der Waals surface area (Å²) in [4.78, 5) is 42.8. The van der Waals surface area contributed by atoms with Gasteiger partial charge in [-0.05, 0) is 49.2 Å². The van der Waals surface area contributed by atoms with Crippen molar-refractivity contribution < 1.29 is 27.9 Å². The van der Waals surface area contributed by atoms with Crippen molar-refractivity contribution in [3.05, 3.63) is 75.7 Å². The second-order valence-electron chi connectivity index (χ2n) is 7.94. The lowest BCUT2D eigenvalue weighted by atomic mass is 10.0. The largest absolute Gasteiger partial charge is 0.465 e. The molecule has 0 unspecified atom stereocenters. The van der Waals surface area contributed by atoms with E-state index in [9.17, 15) is 23.2 Å². The third-order valence-corrected chi connectivity index (χ3v) is 6.71. The normalized spacial score (nSPS) is 14.0. The van der Waals surface area contributed by atoms with Crippen LogP contribution in [0.15, 0.2) is 42.5 Å². The summed E-state index contributed by atoms with van der Waals surface area (Å²) in [5, 5.41) is 3.57. The number of likely N-dealkylation sites (tertiary alicyclic amines) is 1. The minimum Gasteiger partial charge on any atom is -0.465 e. The molecule has 1 aliphatic rings. The topological polar surface area (TPSA) is 115 Å². The molecule has 8 nitrogen and oxygen atoms in total. The Balaban J connectivity index is 1.37. The first-order valence-electron chi connectivity index (χ1n) is 10.8. The molecule has 35 heavy (non-hydrogen) atoms. The second kappa shape index (κ2) is 10.2. The van der Waals surface area contributed by atoms with Crippen molar-refractivity contribution in [2.75, 3.05) is 31.2 Å². The highest BCUT2D eigenvalue weighted by atomic mass is 32.1. The van der Waals surface area contributed by atoms with E-state index in [-0.39, 0.29) is 22.6 Å². The Morgan fingerprint density at radius 3 is 2.26 bits per heavy atom. The van der Waals surface area contributed by atoms with Gasteiger partial charge in [-0.1, -0.05) is 17.4 Å². The van der Waals surface area contributed by atoms with Crippen LogP contribution in [0.25, 0.3) is 0 Å². The van der Waals surface area contributed by atoms with E-state index in [0.29, 0.717) is 42.2 Å². The number of ether oxygens (including phenoxy) is 1. The highest BCUT2D eigenvalue weighted by Gasteiger charge is 2.27. The Morgan fingerprint density at radius 2 is 1.66 bits per heavy atom. The monoisotopic (exact) mass is 500 g/mol. The summed E-state index contributed by atoms with van der Waals surface area (Å²) in [6.07, 6.45) is 1.24. The van der Waals surface area contributed by atoms with E-state index in [1.54, 1.807) is 29.2 Å². The Hall–Kier alpha value is -3.86. The lowest BCUT2D eigenvalue weighted by Crippen LogP contribution is -2.42. The number of benzene rings is 2. The number of halogens is 2. The number of carbonyl (C=O) groups excluding carboxylic acids is 3. The summed E-state index contributed by atoms with van der Waals surface area (Å²) < 4.78 is 32.7. The van der Waals surface area contributed by atoms with E-state index >= 15 is 0 Å². The van der Waals surface area contributed by atoms with Gasteiger partial charge in [-0.15, -0.1) is 0 Å². The predicted octanol–water partition coefficient (Wildman–Crippen LogP) is 3.74. The van der Waals surface area contributed by atoms with Gasteiger partial charge in [0.25, 0.3) is 5.91 Å². The number of ketones is 1. The van der Waals surface area contributed by atoms with Gasteiger partial charge in [0.15, 0.2) is 5.13 Å². The summed E-state index contributed by atoms with van der Waals surface area (Å²) in [6, 6.07) is 9.45. The highest BCUT2D eigenvalue weighted by molar-refractivity contribution is 7.18. The van der Waals surface area contributed by atoms with Crippen LogP contribution in [0.1, 0.15) is 48.8 Å². The van der Waals surface area contributed by atoms with Crippen molar-refractivity contribution in [1.82, 2.24) is 9.88 Å². The first-order chi connectivity index (χ1) is 16.8. The molecule has 1 saturated heterocycles.